The summed E-state index contributed by atoms with van der Waals surface area (Å²) in [6, 6.07) is 30.6. The standard InChI is InChI=1S/C29H27FN2O3S/c1-23-12-18-28(19-13-23)36(34,35)32(27-16-14-26(30)15-17-27)22-29(33)31(20-24-8-4-2-5-9-24)21-25-10-6-3-7-11-25/h2-19H,20-22H2,1H3. The summed E-state index contributed by atoms with van der Waals surface area (Å²) < 4.78 is 42.0. The monoisotopic (exact) mass is 502 g/mol. The molecule has 0 saturated carbocycles. The van der Waals surface area contributed by atoms with Crippen LogP contribution in [0, 0.1) is 12.7 Å². The second-order valence-corrected chi connectivity index (χ2v) is 10.4. The van der Waals surface area contributed by atoms with Crippen LogP contribution < -0.4 is 4.31 Å². The van der Waals surface area contributed by atoms with Gasteiger partial charge >= 0.3 is 0 Å². The summed E-state index contributed by atoms with van der Waals surface area (Å²) in [4.78, 5) is 15.4. The molecule has 1 amide bonds. The van der Waals surface area contributed by atoms with Gasteiger partial charge in [0.2, 0.25) is 5.91 Å². The van der Waals surface area contributed by atoms with Gasteiger partial charge in [-0.05, 0) is 54.4 Å². The minimum absolute atomic E-state index is 0.0582. The summed E-state index contributed by atoms with van der Waals surface area (Å²) in [5.41, 5.74) is 2.98. The molecule has 0 saturated heterocycles. The van der Waals surface area contributed by atoms with Crippen molar-refractivity contribution in [2.24, 2.45) is 0 Å². The third kappa shape index (κ3) is 6.17. The second-order valence-electron chi connectivity index (χ2n) is 8.52. The van der Waals surface area contributed by atoms with Crippen LogP contribution in [0.25, 0.3) is 0 Å². The van der Waals surface area contributed by atoms with Crippen molar-refractivity contribution in [3.8, 4) is 0 Å². The molecule has 4 rings (SSSR count). The Balaban J connectivity index is 1.69. The van der Waals surface area contributed by atoms with Crippen molar-refractivity contribution < 1.29 is 17.6 Å². The molecule has 0 bridgehead atoms. The largest absolute Gasteiger partial charge is 0.332 e. The van der Waals surface area contributed by atoms with E-state index in [0.29, 0.717) is 13.1 Å². The van der Waals surface area contributed by atoms with Gasteiger partial charge in [-0.3, -0.25) is 9.10 Å². The van der Waals surface area contributed by atoms with Crippen LogP contribution in [-0.2, 0) is 27.9 Å². The molecule has 0 aliphatic carbocycles. The Hall–Kier alpha value is -3.97. The average Bonchev–Trinajstić information content (AvgIpc) is 2.89. The first-order chi connectivity index (χ1) is 17.3. The van der Waals surface area contributed by atoms with Crippen molar-refractivity contribution in [2.75, 3.05) is 10.8 Å². The van der Waals surface area contributed by atoms with Gasteiger partial charge in [0.05, 0.1) is 10.6 Å². The summed E-state index contributed by atoms with van der Waals surface area (Å²) in [6.45, 7) is 2.07. The lowest BCUT2D eigenvalue weighted by atomic mass is 10.1. The van der Waals surface area contributed by atoms with Crippen LogP contribution >= 0.6 is 0 Å². The molecule has 7 heteroatoms. The maximum atomic E-state index is 13.7. The van der Waals surface area contributed by atoms with Crippen molar-refractivity contribution in [3.63, 3.8) is 0 Å². The summed E-state index contributed by atoms with van der Waals surface area (Å²) in [5, 5.41) is 0. The zero-order chi connectivity index (χ0) is 25.5. The molecule has 0 fully saturated rings. The first kappa shape index (κ1) is 25.1. The van der Waals surface area contributed by atoms with Crippen molar-refractivity contribution in [1.82, 2.24) is 4.90 Å². The number of nitrogens with zero attached hydrogens (tertiary/aromatic N) is 2. The summed E-state index contributed by atoms with van der Waals surface area (Å²) in [5.74, 6) is -0.866. The maximum absolute atomic E-state index is 13.7. The predicted octanol–water partition coefficient (Wildman–Crippen LogP) is 5.56. The summed E-state index contributed by atoms with van der Waals surface area (Å²) in [6.07, 6.45) is 0. The van der Waals surface area contributed by atoms with Crippen LogP contribution in [0.5, 0.6) is 0 Å². The van der Waals surface area contributed by atoms with Crippen LogP contribution in [0.4, 0.5) is 10.1 Å². The molecule has 0 heterocycles. The van der Waals surface area contributed by atoms with Gasteiger partial charge in [0.15, 0.2) is 0 Å². The van der Waals surface area contributed by atoms with E-state index in [2.05, 4.69) is 0 Å². The van der Waals surface area contributed by atoms with Crippen LogP contribution in [0.2, 0.25) is 0 Å². The Morgan fingerprint density at radius 1 is 0.722 bits per heavy atom. The third-order valence-corrected chi connectivity index (χ3v) is 7.58. The normalized spacial score (nSPS) is 11.2. The van der Waals surface area contributed by atoms with E-state index in [-0.39, 0.29) is 16.5 Å². The van der Waals surface area contributed by atoms with E-state index in [9.17, 15) is 17.6 Å². The molecule has 0 N–H and O–H groups in total. The van der Waals surface area contributed by atoms with Gasteiger partial charge in [-0.2, -0.15) is 0 Å². The third-order valence-electron chi connectivity index (χ3n) is 5.79. The van der Waals surface area contributed by atoms with E-state index >= 15 is 0 Å². The van der Waals surface area contributed by atoms with Gasteiger partial charge < -0.3 is 4.90 Å². The fraction of sp³-hybridized carbons (Fsp3) is 0.138. The van der Waals surface area contributed by atoms with Crippen molar-refractivity contribution >= 4 is 21.6 Å². The minimum Gasteiger partial charge on any atom is -0.332 e. The van der Waals surface area contributed by atoms with Crippen LogP contribution in [0.1, 0.15) is 16.7 Å². The van der Waals surface area contributed by atoms with E-state index in [1.807, 2.05) is 67.6 Å². The highest BCUT2D eigenvalue weighted by molar-refractivity contribution is 7.92. The molecule has 0 unspecified atom stereocenters. The summed E-state index contributed by atoms with van der Waals surface area (Å²) in [7, 11) is -4.09. The Labute approximate surface area is 211 Å². The number of hydrogen-bond acceptors (Lipinski definition) is 3. The van der Waals surface area contributed by atoms with Crippen molar-refractivity contribution in [3.05, 3.63) is 132 Å². The smallest absolute Gasteiger partial charge is 0.264 e. The van der Waals surface area contributed by atoms with Crippen LogP contribution in [0.15, 0.2) is 114 Å². The fourth-order valence-corrected chi connectivity index (χ4v) is 5.24. The SMILES string of the molecule is Cc1ccc(S(=O)(=O)N(CC(=O)N(Cc2ccccc2)Cc2ccccc2)c2ccc(F)cc2)cc1. The highest BCUT2D eigenvalue weighted by Gasteiger charge is 2.29. The molecule has 0 atom stereocenters. The molecule has 184 valence electrons. The number of rotatable bonds is 9. The number of carbonyl (C=O) groups excluding carboxylic acids is 1. The Morgan fingerprint density at radius 3 is 1.72 bits per heavy atom. The molecule has 0 spiro atoms. The number of carbonyl (C=O) groups is 1. The van der Waals surface area contributed by atoms with Crippen molar-refractivity contribution in [2.45, 2.75) is 24.9 Å². The number of aryl methyl sites for hydroxylation is 1. The molecule has 5 nitrogen and oxygen atoms in total. The quantitative estimate of drug-likeness (QED) is 0.301. The highest BCUT2D eigenvalue weighted by atomic mass is 32.2. The summed E-state index contributed by atoms with van der Waals surface area (Å²) >= 11 is 0. The Morgan fingerprint density at radius 2 is 1.22 bits per heavy atom. The molecular formula is C29H27FN2O3S. The topological polar surface area (TPSA) is 57.7 Å². The predicted molar refractivity (Wildman–Crippen MR) is 139 cm³/mol. The average molecular weight is 503 g/mol. The lowest BCUT2D eigenvalue weighted by Gasteiger charge is -2.29. The number of hydrogen-bond donors (Lipinski definition) is 0. The van der Waals surface area contributed by atoms with E-state index in [4.69, 9.17) is 0 Å². The van der Waals surface area contributed by atoms with Crippen LogP contribution in [-0.4, -0.2) is 25.8 Å². The van der Waals surface area contributed by atoms with Gasteiger partial charge in [0.25, 0.3) is 10.0 Å². The molecule has 0 aromatic heterocycles. The van der Waals surface area contributed by atoms with Gasteiger partial charge in [-0.1, -0.05) is 78.4 Å². The second kappa shape index (κ2) is 11.2. The zero-order valence-corrected chi connectivity index (χ0v) is 20.7. The molecule has 4 aromatic rings. The lowest BCUT2D eigenvalue weighted by molar-refractivity contribution is -0.130. The van der Waals surface area contributed by atoms with Gasteiger partial charge in [0.1, 0.15) is 12.4 Å². The van der Waals surface area contributed by atoms with Gasteiger partial charge in [0, 0.05) is 13.1 Å². The molecule has 0 aliphatic rings. The number of anilines is 1. The van der Waals surface area contributed by atoms with E-state index < -0.39 is 22.4 Å². The molecular weight excluding hydrogens is 475 g/mol. The Bertz CT molecular complexity index is 1350. The maximum Gasteiger partial charge on any atom is 0.264 e. The number of halogens is 1. The van der Waals surface area contributed by atoms with E-state index in [1.54, 1.807) is 17.0 Å². The first-order valence-electron chi connectivity index (χ1n) is 11.5. The Kier molecular flexibility index (Phi) is 7.80. The zero-order valence-electron chi connectivity index (χ0n) is 19.9. The molecule has 36 heavy (non-hydrogen) atoms. The van der Waals surface area contributed by atoms with Crippen molar-refractivity contribution in [1.29, 1.82) is 0 Å². The lowest BCUT2D eigenvalue weighted by Crippen LogP contribution is -2.42. The highest BCUT2D eigenvalue weighted by Crippen LogP contribution is 2.25. The number of benzene rings is 4. The van der Waals surface area contributed by atoms with Gasteiger partial charge in [-0.15, -0.1) is 0 Å². The minimum atomic E-state index is -4.09. The molecule has 0 radical (unpaired) electrons. The van der Waals surface area contributed by atoms with Crippen LogP contribution in [0.3, 0.4) is 0 Å². The number of amides is 1. The van der Waals surface area contributed by atoms with E-state index in [1.165, 1.54) is 36.4 Å². The van der Waals surface area contributed by atoms with E-state index in [0.717, 1.165) is 21.0 Å². The number of sulfonamides is 1. The molecule has 0 aliphatic heterocycles. The van der Waals surface area contributed by atoms with Gasteiger partial charge in [-0.25, -0.2) is 12.8 Å². The fourth-order valence-electron chi connectivity index (χ4n) is 3.82. The molecule has 4 aromatic carbocycles. The first-order valence-corrected chi connectivity index (χ1v) is 13.0.